The Hall–Kier alpha value is -0.480. The van der Waals surface area contributed by atoms with E-state index in [0.29, 0.717) is 0 Å². The maximum absolute atomic E-state index is 13.5. The smallest absolute Gasteiger partial charge is 0.143 e. The molecule has 0 saturated carbocycles. The lowest BCUT2D eigenvalue weighted by atomic mass is 9.95. The highest BCUT2D eigenvalue weighted by Crippen LogP contribution is 2.24. The Morgan fingerprint density at radius 2 is 1.93 bits per heavy atom. The largest absolute Gasteiger partial charge is 0.325 e. The molecule has 0 saturated heterocycles. The van der Waals surface area contributed by atoms with Crippen molar-refractivity contribution < 1.29 is 8.78 Å². The van der Waals surface area contributed by atoms with E-state index in [-0.39, 0.29) is 16.5 Å². The zero-order valence-corrected chi connectivity index (χ0v) is 9.66. The van der Waals surface area contributed by atoms with E-state index in [0.717, 1.165) is 0 Å². The molecule has 0 bridgehead atoms. The monoisotopic (exact) mass is 263 g/mol. The van der Waals surface area contributed by atoms with Crippen LogP contribution in [0.5, 0.6) is 0 Å². The second kappa shape index (κ2) is 3.95. The van der Waals surface area contributed by atoms with Gasteiger partial charge in [0.2, 0.25) is 0 Å². The molecule has 1 aromatic rings. The average molecular weight is 264 g/mol. The maximum Gasteiger partial charge on any atom is 0.143 e. The first-order valence-electron chi connectivity index (χ1n) is 4.22. The molecular formula is C10H12BrF2N. The maximum atomic E-state index is 13.5. The van der Waals surface area contributed by atoms with Gasteiger partial charge in [0.15, 0.2) is 0 Å². The number of rotatable bonds is 2. The zero-order valence-electron chi connectivity index (χ0n) is 8.07. The summed E-state index contributed by atoms with van der Waals surface area (Å²) >= 11 is 3.01. The number of hydrogen-bond donors (Lipinski definition) is 1. The summed E-state index contributed by atoms with van der Waals surface area (Å²) in [5.41, 5.74) is 5.12. The third-order valence-corrected chi connectivity index (χ3v) is 2.38. The number of nitrogens with two attached hydrogens (primary N) is 1. The summed E-state index contributed by atoms with van der Waals surface area (Å²) in [4.78, 5) is 0. The molecular weight excluding hydrogens is 252 g/mol. The van der Waals surface area contributed by atoms with Gasteiger partial charge in [-0.1, -0.05) is 0 Å². The predicted octanol–water partition coefficient (Wildman–Crippen LogP) is 3.01. The number of hydrogen-bond acceptors (Lipinski definition) is 1. The molecule has 0 atom stereocenters. The van der Waals surface area contributed by atoms with Crippen LogP contribution < -0.4 is 5.73 Å². The van der Waals surface area contributed by atoms with Crippen molar-refractivity contribution in [2.75, 3.05) is 0 Å². The van der Waals surface area contributed by atoms with Crippen molar-refractivity contribution >= 4 is 15.9 Å². The van der Waals surface area contributed by atoms with Crippen LogP contribution in [0.15, 0.2) is 16.6 Å². The lowest BCUT2D eigenvalue weighted by Crippen LogP contribution is -2.35. The Bertz CT molecular complexity index is 345. The van der Waals surface area contributed by atoms with Gasteiger partial charge in [0, 0.05) is 11.1 Å². The van der Waals surface area contributed by atoms with Crippen molar-refractivity contribution in [3.05, 3.63) is 33.8 Å². The van der Waals surface area contributed by atoms with Crippen molar-refractivity contribution in [3.8, 4) is 0 Å². The van der Waals surface area contributed by atoms with Gasteiger partial charge in [-0.15, -0.1) is 0 Å². The third-order valence-electron chi connectivity index (χ3n) is 1.77. The van der Waals surface area contributed by atoms with Gasteiger partial charge in [-0.3, -0.25) is 0 Å². The highest BCUT2D eigenvalue weighted by molar-refractivity contribution is 9.10. The van der Waals surface area contributed by atoms with Gasteiger partial charge in [0.1, 0.15) is 11.6 Å². The summed E-state index contributed by atoms with van der Waals surface area (Å²) in [6.07, 6.45) is 0.171. The molecule has 0 unspecified atom stereocenters. The first-order chi connectivity index (χ1) is 6.31. The third kappa shape index (κ3) is 2.75. The molecule has 1 rings (SSSR count). The molecule has 0 spiro atoms. The molecule has 0 aliphatic rings. The van der Waals surface area contributed by atoms with Crippen molar-refractivity contribution in [2.45, 2.75) is 25.8 Å². The van der Waals surface area contributed by atoms with E-state index in [9.17, 15) is 8.78 Å². The highest BCUT2D eigenvalue weighted by Gasteiger charge is 2.19. The Morgan fingerprint density at radius 3 is 2.43 bits per heavy atom. The summed E-state index contributed by atoms with van der Waals surface area (Å²) in [5, 5.41) is 0. The van der Waals surface area contributed by atoms with E-state index in [4.69, 9.17) is 5.73 Å². The fourth-order valence-corrected chi connectivity index (χ4v) is 1.56. The van der Waals surface area contributed by atoms with Gasteiger partial charge in [0.05, 0.1) is 4.47 Å². The van der Waals surface area contributed by atoms with Crippen molar-refractivity contribution in [1.29, 1.82) is 0 Å². The Kier molecular flexibility index (Phi) is 3.27. The molecule has 0 aromatic heterocycles. The fraction of sp³-hybridized carbons (Fsp3) is 0.400. The van der Waals surface area contributed by atoms with Crippen LogP contribution in [0.1, 0.15) is 19.4 Å². The van der Waals surface area contributed by atoms with E-state index < -0.39 is 17.2 Å². The molecule has 0 aliphatic carbocycles. The molecule has 0 fully saturated rings. The molecule has 0 amide bonds. The van der Waals surface area contributed by atoms with E-state index in [2.05, 4.69) is 15.9 Å². The molecule has 78 valence electrons. The quantitative estimate of drug-likeness (QED) is 0.816. The van der Waals surface area contributed by atoms with Crippen molar-refractivity contribution in [3.63, 3.8) is 0 Å². The summed E-state index contributed by atoms with van der Waals surface area (Å²) in [5.74, 6) is -1.12. The van der Waals surface area contributed by atoms with Crippen molar-refractivity contribution in [1.82, 2.24) is 0 Å². The predicted molar refractivity (Wildman–Crippen MR) is 56.0 cm³/mol. The minimum absolute atomic E-state index is 0.0341. The average Bonchev–Trinajstić information content (AvgIpc) is 2.04. The molecule has 1 aromatic carbocycles. The fourth-order valence-electron chi connectivity index (χ4n) is 1.19. The first kappa shape index (κ1) is 11.6. The van der Waals surface area contributed by atoms with E-state index >= 15 is 0 Å². The summed E-state index contributed by atoms with van der Waals surface area (Å²) in [7, 11) is 0. The second-order valence-corrected chi connectivity index (χ2v) is 4.84. The zero-order chi connectivity index (χ0) is 10.9. The van der Waals surface area contributed by atoms with Gasteiger partial charge in [0.25, 0.3) is 0 Å². The first-order valence-corrected chi connectivity index (χ1v) is 5.02. The minimum Gasteiger partial charge on any atom is -0.325 e. The van der Waals surface area contributed by atoms with E-state index in [1.165, 1.54) is 12.1 Å². The van der Waals surface area contributed by atoms with Gasteiger partial charge in [-0.2, -0.15) is 0 Å². The SMILES string of the molecule is CC(C)(N)Cc1c(F)ccc(Br)c1F. The van der Waals surface area contributed by atoms with Crippen LogP contribution in [0.4, 0.5) is 8.78 Å². The van der Waals surface area contributed by atoms with Crippen molar-refractivity contribution in [2.24, 2.45) is 5.73 Å². The topological polar surface area (TPSA) is 26.0 Å². The van der Waals surface area contributed by atoms with Gasteiger partial charge >= 0.3 is 0 Å². The summed E-state index contributed by atoms with van der Waals surface area (Å²) < 4.78 is 27.0. The van der Waals surface area contributed by atoms with Gasteiger partial charge in [-0.25, -0.2) is 8.78 Å². The second-order valence-electron chi connectivity index (χ2n) is 3.99. The lowest BCUT2D eigenvalue weighted by molar-refractivity contribution is 0.471. The Morgan fingerprint density at radius 1 is 1.36 bits per heavy atom. The van der Waals surface area contributed by atoms with E-state index in [1.807, 2.05) is 0 Å². The molecule has 2 N–H and O–H groups in total. The molecule has 1 nitrogen and oxygen atoms in total. The van der Waals surface area contributed by atoms with Crippen LogP contribution >= 0.6 is 15.9 Å². The van der Waals surface area contributed by atoms with Gasteiger partial charge < -0.3 is 5.73 Å². The minimum atomic E-state index is -0.623. The summed E-state index contributed by atoms with van der Waals surface area (Å²) in [6.45, 7) is 3.46. The normalized spacial score (nSPS) is 11.9. The van der Waals surface area contributed by atoms with E-state index in [1.54, 1.807) is 13.8 Å². The molecule has 0 aliphatic heterocycles. The molecule has 4 heteroatoms. The number of benzene rings is 1. The van der Waals surface area contributed by atoms with Crippen LogP contribution in [0.2, 0.25) is 0 Å². The van der Waals surface area contributed by atoms with Crippen LogP contribution in [-0.2, 0) is 6.42 Å². The van der Waals surface area contributed by atoms with Crippen LogP contribution in [0.3, 0.4) is 0 Å². The molecule has 14 heavy (non-hydrogen) atoms. The van der Waals surface area contributed by atoms with Crippen LogP contribution in [0.25, 0.3) is 0 Å². The highest BCUT2D eigenvalue weighted by atomic mass is 79.9. The lowest BCUT2D eigenvalue weighted by Gasteiger charge is -2.19. The molecule has 0 radical (unpaired) electrons. The van der Waals surface area contributed by atoms with Crippen LogP contribution in [-0.4, -0.2) is 5.54 Å². The number of halogens is 3. The standard InChI is InChI=1S/C10H12BrF2N/c1-10(2,14)5-6-8(12)4-3-7(11)9(6)13/h3-4H,5,14H2,1-2H3. The summed E-state index contributed by atoms with van der Waals surface area (Å²) in [6, 6.07) is 2.58. The van der Waals surface area contributed by atoms with Crippen LogP contribution in [0, 0.1) is 11.6 Å². The Labute approximate surface area is 90.4 Å². The van der Waals surface area contributed by atoms with Gasteiger partial charge in [-0.05, 0) is 48.3 Å². The Balaban J connectivity index is 3.13. The molecule has 0 heterocycles.